The van der Waals surface area contributed by atoms with Crippen molar-refractivity contribution in [1.29, 1.82) is 0 Å². The van der Waals surface area contributed by atoms with Gasteiger partial charge in [0.05, 0.1) is 12.5 Å². The highest BCUT2D eigenvalue weighted by molar-refractivity contribution is 5.75. The van der Waals surface area contributed by atoms with Gasteiger partial charge in [0.2, 0.25) is 0 Å². The van der Waals surface area contributed by atoms with Gasteiger partial charge in [-0.05, 0) is 25.3 Å². The molecular weight excluding hydrogens is 364 g/mol. The number of aliphatic imine (C=N–C) groups is 1. The summed E-state index contributed by atoms with van der Waals surface area (Å²) in [6.07, 6.45) is 10.6. The molecule has 29 heavy (non-hydrogen) atoms. The number of aromatic nitrogens is 4. The Morgan fingerprint density at radius 1 is 1.10 bits per heavy atom. The van der Waals surface area contributed by atoms with Crippen LogP contribution in [0.5, 0.6) is 0 Å². The van der Waals surface area contributed by atoms with Crippen LogP contribution in [-0.2, 0) is 13.0 Å². The van der Waals surface area contributed by atoms with Gasteiger partial charge in [0.25, 0.3) is 0 Å². The quantitative estimate of drug-likeness (QED) is 0.306. The number of nitrogens with one attached hydrogen (secondary N) is 1. The fourth-order valence-corrected chi connectivity index (χ4v) is 2.59. The molecule has 0 amide bonds. The topological polar surface area (TPSA) is 122 Å². The monoisotopic (exact) mass is 394 g/mol. The van der Waals surface area contributed by atoms with Crippen LogP contribution in [0, 0.1) is 6.92 Å². The first-order valence-electron chi connectivity index (χ1n) is 9.67. The summed E-state index contributed by atoms with van der Waals surface area (Å²) in [7, 11) is 0. The molecule has 0 saturated heterocycles. The van der Waals surface area contributed by atoms with E-state index in [1.807, 2.05) is 6.20 Å². The van der Waals surface area contributed by atoms with Crippen molar-refractivity contribution in [1.82, 2.24) is 19.9 Å². The van der Waals surface area contributed by atoms with Crippen LogP contribution in [0.3, 0.4) is 0 Å². The van der Waals surface area contributed by atoms with Crippen LogP contribution >= 0.6 is 0 Å². The first-order valence-corrected chi connectivity index (χ1v) is 9.67. The summed E-state index contributed by atoms with van der Waals surface area (Å²) in [4.78, 5) is 21.5. The van der Waals surface area contributed by atoms with Crippen LogP contribution in [0.15, 0.2) is 60.4 Å². The summed E-state index contributed by atoms with van der Waals surface area (Å²) in [6.45, 7) is 6.37. The third-order valence-corrected chi connectivity index (χ3v) is 4.18. The molecule has 2 heterocycles. The summed E-state index contributed by atoms with van der Waals surface area (Å²) >= 11 is 0. The molecule has 0 fully saturated rings. The van der Waals surface area contributed by atoms with E-state index < -0.39 is 0 Å². The van der Waals surface area contributed by atoms with Crippen molar-refractivity contribution >= 4 is 11.8 Å². The van der Waals surface area contributed by atoms with Crippen LogP contribution in [0.2, 0.25) is 0 Å². The second-order valence-corrected chi connectivity index (χ2v) is 6.56. The number of nitrogens with two attached hydrogens (primary N) is 2. The molecule has 0 spiro atoms. The molecule has 0 bridgehead atoms. The largest absolute Gasteiger partial charge is 0.370 e. The molecule has 0 aliphatic rings. The highest BCUT2D eigenvalue weighted by atomic mass is 15.2. The Bertz CT molecular complexity index is 825. The lowest BCUT2D eigenvalue weighted by atomic mass is 10.1. The van der Waals surface area contributed by atoms with Crippen molar-refractivity contribution in [3.8, 4) is 0 Å². The smallest absolute Gasteiger partial charge is 0.185 e. The Morgan fingerprint density at radius 2 is 1.90 bits per heavy atom. The number of anilines is 1. The average Bonchev–Trinajstić information content (AvgIpc) is 3.27. The van der Waals surface area contributed by atoms with E-state index in [2.05, 4.69) is 67.9 Å². The number of aryl methyl sites for hydroxylation is 2. The molecule has 3 rings (SSSR count). The van der Waals surface area contributed by atoms with E-state index in [0.29, 0.717) is 6.54 Å². The van der Waals surface area contributed by atoms with Gasteiger partial charge in [-0.25, -0.2) is 9.97 Å². The molecule has 0 saturated carbocycles. The van der Waals surface area contributed by atoms with Gasteiger partial charge in [-0.1, -0.05) is 36.8 Å². The lowest BCUT2D eigenvalue weighted by Crippen LogP contribution is -2.26. The number of benzene rings is 1. The van der Waals surface area contributed by atoms with E-state index in [0.717, 1.165) is 31.7 Å². The van der Waals surface area contributed by atoms with Gasteiger partial charge in [-0.15, -0.1) is 0 Å². The zero-order valence-electron chi connectivity index (χ0n) is 17.1. The normalized spacial score (nSPS) is 10.0. The van der Waals surface area contributed by atoms with Crippen molar-refractivity contribution in [3.63, 3.8) is 0 Å². The second kappa shape index (κ2) is 12.1. The predicted molar refractivity (Wildman–Crippen MR) is 118 cm³/mol. The molecule has 0 unspecified atom stereocenters. The first-order chi connectivity index (χ1) is 14.1. The predicted octanol–water partition coefficient (Wildman–Crippen LogP) is 2.43. The fourth-order valence-electron chi connectivity index (χ4n) is 2.59. The van der Waals surface area contributed by atoms with E-state index in [1.165, 1.54) is 16.8 Å². The summed E-state index contributed by atoms with van der Waals surface area (Å²) in [6, 6.07) is 8.50. The Morgan fingerprint density at radius 3 is 2.45 bits per heavy atom. The molecule has 0 aliphatic heterocycles. The zero-order chi connectivity index (χ0) is 20.9. The molecule has 1 aromatic carbocycles. The molecule has 154 valence electrons. The maximum absolute atomic E-state index is 5.35. The van der Waals surface area contributed by atoms with E-state index in [4.69, 9.17) is 11.5 Å². The van der Waals surface area contributed by atoms with Gasteiger partial charge in [-0.3, -0.25) is 9.98 Å². The van der Waals surface area contributed by atoms with Crippen LogP contribution in [0.4, 0.5) is 5.82 Å². The summed E-state index contributed by atoms with van der Waals surface area (Å²) in [5.41, 5.74) is 14.4. The number of rotatable bonds is 8. The molecule has 2 aromatic heterocycles. The van der Waals surface area contributed by atoms with Crippen LogP contribution in [0.25, 0.3) is 0 Å². The second-order valence-electron chi connectivity index (χ2n) is 6.56. The number of nitrogens with zero attached hydrogens (tertiary/aromatic N) is 5. The number of H-pyrrole nitrogens is 1. The van der Waals surface area contributed by atoms with Gasteiger partial charge in [-0.2, -0.15) is 0 Å². The lowest BCUT2D eigenvalue weighted by molar-refractivity contribution is 0.724. The maximum Gasteiger partial charge on any atom is 0.185 e. The van der Waals surface area contributed by atoms with E-state index in [9.17, 15) is 0 Å². The fraction of sp³-hybridized carbons (Fsp3) is 0.333. The van der Waals surface area contributed by atoms with E-state index in [1.54, 1.807) is 24.9 Å². The third kappa shape index (κ3) is 8.42. The molecule has 0 radical (unpaired) electrons. The Hall–Kier alpha value is -3.42. The summed E-state index contributed by atoms with van der Waals surface area (Å²) in [5.74, 6) is 0.984. The van der Waals surface area contributed by atoms with E-state index in [-0.39, 0.29) is 5.96 Å². The zero-order valence-corrected chi connectivity index (χ0v) is 17.1. The highest BCUT2D eigenvalue weighted by Crippen LogP contribution is 2.14. The van der Waals surface area contributed by atoms with Crippen molar-refractivity contribution in [2.24, 2.45) is 16.5 Å². The number of hydrogen-bond acceptors (Lipinski definition) is 5. The first kappa shape index (κ1) is 21.9. The molecule has 0 atom stereocenters. The maximum atomic E-state index is 5.35. The van der Waals surface area contributed by atoms with Crippen molar-refractivity contribution in [2.45, 2.75) is 33.2 Å². The number of aromatic amines is 1. The third-order valence-electron chi connectivity index (χ3n) is 4.18. The Balaban J connectivity index is 0.000000360. The number of guanidine groups is 1. The molecule has 0 aliphatic carbocycles. The lowest BCUT2D eigenvalue weighted by Gasteiger charge is -2.23. The van der Waals surface area contributed by atoms with Crippen molar-refractivity contribution in [3.05, 3.63) is 72.2 Å². The number of imidazole rings is 1. The summed E-state index contributed by atoms with van der Waals surface area (Å²) in [5, 5.41) is 0. The van der Waals surface area contributed by atoms with Crippen molar-refractivity contribution in [2.75, 3.05) is 18.0 Å². The molecule has 5 N–H and O–H groups in total. The Labute approximate surface area is 172 Å². The average molecular weight is 395 g/mol. The minimum Gasteiger partial charge on any atom is -0.370 e. The molecule has 8 heteroatoms. The van der Waals surface area contributed by atoms with Gasteiger partial charge in [0.15, 0.2) is 5.96 Å². The summed E-state index contributed by atoms with van der Waals surface area (Å²) < 4.78 is 0. The molecule has 3 aromatic rings. The Kier molecular flexibility index (Phi) is 9.14. The van der Waals surface area contributed by atoms with Gasteiger partial charge in [0, 0.05) is 43.9 Å². The standard InChI is InChI=1S/C16H22N6.C5H8N2/c1-13-3-5-14(6-4-13)12-22(10-2-7-21-16(17)18)15-11-19-8-9-20-15;1-2-5-3-6-4-7-5/h3-6,8-9,11H,2,7,10,12H2,1H3,(H4,17,18,21);3-4H,2H2,1H3,(H,6,7). The van der Waals surface area contributed by atoms with Gasteiger partial charge in [0.1, 0.15) is 5.82 Å². The molecule has 8 nitrogen and oxygen atoms in total. The van der Waals surface area contributed by atoms with Crippen LogP contribution in [0.1, 0.15) is 30.2 Å². The van der Waals surface area contributed by atoms with Crippen LogP contribution < -0.4 is 16.4 Å². The minimum absolute atomic E-state index is 0.129. The number of hydrogen-bond donors (Lipinski definition) is 3. The van der Waals surface area contributed by atoms with Gasteiger partial charge >= 0.3 is 0 Å². The SMILES string of the molecule is CCc1cnc[nH]1.Cc1ccc(CN(CCCN=C(N)N)c2cnccn2)cc1. The van der Waals surface area contributed by atoms with Gasteiger partial charge < -0.3 is 21.4 Å². The highest BCUT2D eigenvalue weighted by Gasteiger charge is 2.08. The van der Waals surface area contributed by atoms with Crippen LogP contribution in [-0.4, -0.2) is 39.0 Å². The van der Waals surface area contributed by atoms with E-state index >= 15 is 0 Å². The molecular formula is C21H30N8. The van der Waals surface area contributed by atoms with Crippen molar-refractivity contribution < 1.29 is 0 Å². The minimum atomic E-state index is 0.129.